The minimum Gasteiger partial charge on any atom is -0.506 e. The third-order valence-corrected chi connectivity index (χ3v) is 3.54. The second kappa shape index (κ2) is 6.28. The van der Waals surface area contributed by atoms with E-state index >= 15 is 0 Å². The van der Waals surface area contributed by atoms with Gasteiger partial charge in [0.1, 0.15) is 17.2 Å². The van der Waals surface area contributed by atoms with E-state index in [9.17, 15) is 18.3 Å². The van der Waals surface area contributed by atoms with Crippen LogP contribution in [0, 0.1) is 0 Å². The van der Waals surface area contributed by atoms with Gasteiger partial charge >= 0.3 is 5.97 Å². The fourth-order valence-corrected chi connectivity index (χ4v) is 2.37. The van der Waals surface area contributed by atoms with E-state index in [1.165, 1.54) is 32.4 Å². The molecule has 2 N–H and O–H groups in total. The molecule has 106 valence electrons. The lowest BCUT2D eigenvalue weighted by atomic mass is 10.3. The van der Waals surface area contributed by atoms with E-state index in [0.29, 0.717) is 0 Å². The van der Waals surface area contributed by atoms with Crippen molar-refractivity contribution in [1.82, 2.24) is 0 Å². The standard InChI is InChI=1S/C11H15NO6S/c1-17-9-5-3-4-8(13)11(9)12-19(15,16)7-6-10(14)18-2/h3-5,12-13H,6-7H2,1-2H3. The first-order chi connectivity index (χ1) is 8.89. The maximum absolute atomic E-state index is 11.8. The number of hydrogen-bond acceptors (Lipinski definition) is 6. The van der Waals surface area contributed by atoms with Crippen molar-refractivity contribution in [2.24, 2.45) is 0 Å². The second-order valence-electron chi connectivity index (χ2n) is 3.60. The Balaban J connectivity index is 2.87. The zero-order valence-electron chi connectivity index (χ0n) is 10.5. The first-order valence-corrected chi connectivity index (χ1v) is 6.98. The summed E-state index contributed by atoms with van der Waals surface area (Å²) in [7, 11) is -1.26. The Kier molecular flexibility index (Phi) is 4.99. The predicted molar refractivity (Wildman–Crippen MR) is 68.7 cm³/mol. The molecule has 0 spiro atoms. The summed E-state index contributed by atoms with van der Waals surface area (Å²) >= 11 is 0. The number of benzene rings is 1. The van der Waals surface area contributed by atoms with Gasteiger partial charge in [0.25, 0.3) is 0 Å². The van der Waals surface area contributed by atoms with Crippen LogP contribution in [0.2, 0.25) is 0 Å². The molecule has 0 aliphatic heterocycles. The van der Waals surface area contributed by atoms with E-state index in [0.717, 1.165) is 0 Å². The molecule has 0 radical (unpaired) electrons. The average Bonchev–Trinajstić information content (AvgIpc) is 2.38. The maximum Gasteiger partial charge on any atom is 0.306 e. The van der Waals surface area contributed by atoms with Gasteiger partial charge in [0, 0.05) is 0 Å². The van der Waals surface area contributed by atoms with Crippen LogP contribution in [0.5, 0.6) is 11.5 Å². The largest absolute Gasteiger partial charge is 0.506 e. The van der Waals surface area contributed by atoms with Crippen molar-refractivity contribution < 1.29 is 27.8 Å². The van der Waals surface area contributed by atoms with Crippen LogP contribution in [0.3, 0.4) is 0 Å². The summed E-state index contributed by atoms with van der Waals surface area (Å²) < 4.78 is 35.0. The molecule has 1 rings (SSSR count). The molecule has 0 aliphatic rings. The molecule has 0 saturated carbocycles. The van der Waals surface area contributed by atoms with E-state index in [-0.39, 0.29) is 23.6 Å². The van der Waals surface area contributed by atoms with E-state index < -0.39 is 21.7 Å². The van der Waals surface area contributed by atoms with E-state index in [2.05, 4.69) is 9.46 Å². The Labute approximate surface area is 111 Å². The van der Waals surface area contributed by atoms with Crippen LogP contribution >= 0.6 is 0 Å². The zero-order chi connectivity index (χ0) is 14.5. The molecular weight excluding hydrogens is 274 g/mol. The van der Waals surface area contributed by atoms with Crippen LogP contribution in [-0.2, 0) is 19.6 Å². The number of hydrogen-bond donors (Lipinski definition) is 2. The second-order valence-corrected chi connectivity index (χ2v) is 5.44. The summed E-state index contributed by atoms with van der Waals surface area (Å²) in [6, 6.07) is 4.33. The first-order valence-electron chi connectivity index (χ1n) is 5.33. The van der Waals surface area contributed by atoms with Crippen LogP contribution in [0.15, 0.2) is 18.2 Å². The zero-order valence-corrected chi connectivity index (χ0v) is 11.4. The lowest BCUT2D eigenvalue weighted by Crippen LogP contribution is -2.20. The first kappa shape index (κ1) is 15.1. The highest BCUT2D eigenvalue weighted by Crippen LogP contribution is 2.34. The van der Waals surface area contributed by atoms with Crippen LogP contribution in [0.4, 0.5) is 5.69 Å². The summed E-state index contributed by atoms with van der Waals surface area (Å²) in [4.78, 5) is 10.9. The molecule has 0 atom stereocenters. The molecule has 0 aliphatic carbocycles. The van der Waals surface area contributed by atoms with Crippen LogP contribution in [0.1, 0.15) is 6.42 Å². The van der Waals surface area contributed by atoms with Crippen molar-refractivity contribution in [2.75, 3.05) is 24.7 Å². The molecule has 0 bridgehead atoms. The third kappa shape index (κ3) is 4.32. The van der Waals surface area contributed by atoms with Gasteiger partial charge < -0.3 is 14.6 Å². The highest BCUT2D eigenvalue weighted by molar-refractivity contribution is 7.92. The van der Waals surface area contributed by atoms with Crippen molar-refractivity contribution in [2.45, 2.75) is 6.42 Å². The third-order valence-electron chi connectivity index (χ3n) is 2.28. The van der Waals surface area contributed by atoms with Gasteiger partial charge in [-0.05, 0) is 12.1 Å². The number of anilines is 1. The van der Waals surface area contributed by atoms with Crippen molar-refractivity contribution in [3.8, 4) is 11.5 Å². The number of ether oxygens (including phenoxy) is 2. The van der Waals surface area contributed by atoms with Crippen LogP contribution in [-0.4, -0.2) is 39.5 Å². The smallest absolute Gasteiger partial charge is 0.306 e. The number of phenolic OH excluding ortho intramolecular Hbond substituents is 1. The summed E-state index contributed by atoms with van der Waals surface area (Å²) in [6.45, 7) is 0. The molecule has 0 saturated heterocycles. The molecule has 7 nitrogen and oxygen atoms in total. The van der Waals surface area contributed by atoms with Gasteiger partial charge in [0.05, 0.1) is 26.4 Å². The van der Waals surface area contributed by atoms with Gasteiger partial charge in [-0.1, -0.05) is 6.07 Å². The van der Waals surface area contributed by atoms with E-state index in [4.69, 9.17) is 4.74 Å². The number of esters is 1. The monoisotopic (exact) mass is 289 g/mol. The molecule has 8 heteroatoms. The topological polar surface area (TPSA) is 102 Å². The van der Waals surface area contributed by atoms with Gasteiger partial charge in [-0.3, -0.25) is 9.52 Å². The van der Waals surface area contributed by atoms with Gasteiger partial charge in [0.2, 0.25) is 10.0 Å². The number of phenols is 1. The number of aromatic hydroxyl groups is 1. The number of para-hydroxylation sites is 1. The molecule has 19 heavy (non-hydrogen) atoms. The molecule has 1 aromatic carbocycles. The minimum atomic E-state index is -3.79. The summed E-state index contributed by atoms with van der Waals surface area (Å²) in [5.41, 5.74) is -0.0603. The Morgan fingerprint density at radius 1 is 1.37 bits per heavy atom. The number of methoxy groups -OCH3 is 2. The molecular formula is C11H15NO6S. The Morgan fingerprint density at radius 2 is 2.05 bits per heavy atom. The lowest BCUT2D eigenvalue weighted by molar-refractivity contribution is -0.140. The number of sulfonamides is 1. The maximum atomic E-state index is 11.8. The Hall–Kier alpha value is -1.96. The van der Waals surface area contributed by atoms with Crippen molar-refractivity contribution in [3.63, 3.8) is 0 Å². The highest BCUT2D eigenvalue weighted by Gasteiger charge is 2.18. The number of nitrogens with one attached hydrogen (secondary N) is 1. The van der Waals surface area contributed by atoms with E-state index in [1.807, 2.05) is 0 Å². The van der Waals surface area contributed by atoms with Gasteiger partial charge in [0.15, 0.2) is 0 Å². The number of carbonyl (C=O) groups excluding carboxylic acids is 1. The minimum absolute atomic E-state index is 0.0603. The molecule has 0 heterocycles. The number of carbonyl (C=O) groups is 1. The van der Waals surface area contributed by atoms with Crippen molar-refractivity contribution in [1.29, 1.82) is 0 Å². The molecule has 1 aromatic rings. The van der Waals surface area contributed by atoms with E-state index in [1.54, 1.807) is 0 Å². The average molecular weight is 289 g/mol. The fraction of sp³-hybridized carbons (Fsp3) is 0.364. The molecule has 0 fully saturated rings. The summed E-state index contributed by atoms with van der Waals surface area (Å²) in [6.07, 6.45) is -0.276. The Morgan fingerprint density at radius 3 is 2.63 bits per heavy atom. The van der Waals surface area contributed by atoms with Gasteiger partial charge in [-0.2, -0.15) is 0 Å². The predicted octanol–water partition coefficient (Wildman–Crippen LogP) is 0.706. The Bertz CT molecular complexity index is 554. The number of rotatable bonds is 6. The van der Waals surface area contributed by atoms with Crippen molar-refractivity contribution in [3.05, 3.63) is 18.2 Å². The van der Waals surface area contributed by atoms with Crippen molar-refractivity contribution >= 4 is 21.7 Å². The summed E-state index contributed by atoms with van der Waals surface area (Å²) in [5.74, 6) is -1.16. The molecule has 0 aromatic heterocycles. The van der Waals surface area contributed by atoms with Gasteiger partial charge in [-0.25, -0.2) is 8.42 Å². The quantitative estimate of drug-likeness (QED) is 0.590. The van der Waals surface area contributed by atoms with Crippen LogP contribution < -0.4 is 9.46 Å². The van der Waals surface area contributed by atoms with Crippen LogP contribution in [0.25, 0.3) is 0 Å². The molecule has 0 unspecified atom stereocenters. The lowest BCUT2D eigenvalue weighted by Gasteiger charge is -2.12. The summed E-state index contributed by atoms with van der Waals surface area (Å²) in [5, 5.41) is 9.61. The van der Waals surface area contributed by atoms with Gasteiger partial charge in [-0.15, -0.1) is 0 Å². The fourth-order valence-electron chi connectivity index (χ4n) is 1.32. The normalized spacial score (nSPS) is 10.8. The highest BCUT2D eigenvalue weighted by atomic mass is 32.2. The molecule has 0 amide bonds. The SMILES string of the molecule is COC(=O)CCS(=O)(=O)Nc1c(O)cccc1OC.